The Morgan fingerprint density at radius 1 is 1.12 bits per heavy atom. The number of non-ortho nitro benzene ring substituents is 1. The lowest BCUT2D eigenvalue weighted by molar-refractivity contribution is -0.384. The Hall–Kier alpha value is -3.48. The summed E-state index contributed by atoms with van der Waals surface area (Å²) in [5.41, 5.74) is 0.774. The first kappa shape index (κ1) is 16.9. The molecule has 0 saturated heterocycles. The fraction of sp³-hybridized carbons (Fsp3) is 0.0588. The van der Waals surface area contributed by atoms with E-state index < -0.39 is 16.9 Å². The van der Waals surface area contributed by atoms with Gasteiger partial charge in [-0.1, -0.05) is 12.1 Å². The average molecular weight is 327 g/mol. The molecule has 0 radical (unpaired) electrons. The highest BCUT2D eigenvalue weighted by Crippen LogP contribution is 2.15. The number of rotatable bonds is 5. The van der Waals surface area contributed by atoms with Crippen LogP contribution in [0.15, 0.2) is 54.6 Å². The van der Waals surface area contributed by atoms with Crippen LogP contribution in [0.2, 0.25) is 0 Å². The number of benzene rings is 2. The molecule has 2 aromatic carbocycles. The lowest BCUT2D eigenvalue weighted by atomic mass is 10.2. The number of nitro benzene ring substituents is 1. The molecule has 0 fully saturated rings. The number of esters is 2. The first-order valence-corrected chi connectivity index (χ1v) is 6.82. The van der Waals surface area contributed by atoms with Gasteiger partial charge in [0.2, 0.25) is 0 Å². The third-order valence-corrected chi connectivity index (χ3v) is 2.99. The van der Waals surface area contributed by atoms with Crippen LogP contribution in [0.3, 0.4) is 0 Å². The summed E-state index contributed by atoms with van der Waals surface area (Å²) >= 11 is 0. The quantitative estimate of drug-likeness (QED) is 0.275. The number of nitro groups is 1. The van der Waals surface area contributed by atoms with Crippen molar-refractivity contribution in [1.82, 2.24) is 0 Å². The summed E-state index contributed by atoms with van der Waals surface area (Å²) in [5, 5.41) is 10.7. The molecule has 0 saturated carbocycles. The predicted molar refractivity (Wildman–Crippen MR) is 85.5 cm³/mol. The van der Waals surface area contributed by atoms with E-state index in [0.717, 1.165) is 6.08 Å². The summed E-state index contributed by atoms with van der Waals surface area (Å²) in [6.07, 6.45) is 2.57. The van der Waals surface area contributed by atoms with Gasteiger partial charge in [-0.25, -0.2) is 9.59 Å². The van der Waals surface area contributed by atoms with Crippen LogP contribution >= 0.6 is 0 Å². The molecule has 24 heavy (non-hydrogen) atoms. The van der Waals surface area contributed by atoms with Crippen LogP contribution in [-0.2, 0) is 9.53 Å². The number of ether oxygens (including phenoxy) is 2. The minimum atomic E-state index is -0.646. The van der Waals surface area contributed by atoms with Gasteiger partial charge in [0, 0.05) is 18.2 Å². The van der Waals surface area contributed by atoms with E-state index in [1.807, 2.05) is 0 Å². The minimum absolute atomic E-state index is 0.0658. The molecular formula is C17H13NO6. The van der Waals surface area contributed by atoms with Crippen molar-refractivity contribution in [2.75, 3.05) is 7.11 Å². The largest absolute Gasteiger partial charge is 0.465 e. The summed E-state index contributed by atoms with van der Waals surface area (Å²) in [6, 6.07) is 11.7. The van der Waals surface area contributed by atoms with Crippen LogP contribution in [-0.4, -0.2) is 24.0 Å². The molecule has 0 amide bonds. The van der Waals surface area contributed by atoms with Crippen molar-refractivity contribution in [3.05, 3.63) is 75.8 Å². The second-order valence-corrected chi connectivity index (χ2v) is 4.62. The van der Waals surface area contributed by atoms with Gasteiger partial charge in [-0.3, -0.25) is 10.1 Å². The van der Waals surface area contributed by atoms with Crippen molar-refractivity contribution in [3.8, 4) is 5.75 Å². The maximum atomic E-state index is 11.7. The van der Waals surface area contributed by atoms with Crippen molar-refractivity contribution in [2.45, 2.75) is 0 Å². The Labute approximate surface area is 137 Å². The van der Waals surface area contributed by atoms with Crippen LogP contribution in [0, 0.1) is 10.1 Å². The third kappa shape index (κ3) is 4.51. The third-order valence-electron chi connectivity index (χ3n) is 2.99. The molecule has 0 N–H and O–H groups in total. The molecule has 0 heterocycles. The number of hydrogen-bond donors (Lipinski definition) is 0. The maximum Gasteiger partial charge on any atom is 0.337 e. The van der Waals surface area contributed by atoms with E-state index in [1.165, 1.54) is 55.7 Å². The van der Waals surface area contributed by atoms with E-state index in [1.54, 1.807) is 6.07 Å². The van der Waals surface area contributed by atoms with E-state index in [9.17, 15) is 19.7 Å². The van der Waals surface area contributed by atoms with E-state index in [0.29, 0.717) is 11.1 Å². The van der Waals surface area contributed by atoms with Gasteiger partial charge in [-0.2, -0.15) is 0 Å². The van der Waals surface area contributed by atoms with Gasteiger partial charge in [-0.05, 0) is 35.9 Å². The van der Waals surface area contributed by atoms with Crippen LogP contribution in [0.4, 0.5) is 5.69 Å². The molecular weight excluding hydrogens is 314 g/mol. The van der Waals surface area contributed by atoms with Crippen LogP contribution in [0.1, 0.15) is 15.9 Å². The van der Waals surface area contributed by atoms with Crippen molar-refractivity contribution in [3.63, 3.8) is 0 Å². The molecule has 7 nitrogen and oxygen atoms in total. The highest BCUT2D eigenvalue weighted by atomic mass is 16.6. The average Bonchev–Trinajstić information content (AvgIpc) is 2.60. The van der Waals surface area contributed by atoms with Gasteiger partial charge in [0.1, 0.15) is 5.75 Å². The Morgan fingerprint density at radius 3 is 2.46 bits per heavy atom. The summed E-state index contributed by atoms with van der Waals surface area (Å²) in [7, 11) is 1.27. The van der Waals surface area contributed by atoms with Crippen molar-refractivity contribution >= 4 is 23.7 Å². The smallest absolute Gasteiger partial charge is 0.337 e. The zero-order valence-corrected chi connectivity index (χ0v) is 12.7. The second-order valence-electron chi connectivity index (χ2n) is 4.62. The van der Waals surface area contributed by atoms with Gasteiger partial charge in [0.05, 0.1) is 17.6 Å². The highest BCUT2D eigenvalue weighted by Gasteiger charge is 2.07. The number of hydrogen-bond acceptors (Lipinski definition) is 6. The van der Waals surface area contributed by atoms with Crippen molar-refractivity contribution < 1.29 is 24.0 Å². The Kier molecular flexibility index (Phi) is 5.40. The number of methoxy groups -OCH3 is 1. The van der Waals surface area contributed by atoms with Gasteiger partial charge >= 0.3 is 11.9 Å². The normalized spacial score (nSPS) is 10.4. The predicted octanol–water partition coefficient (Wildman–Crippen LogP) is 3.00. The topological polar surface area (TPSA) is 95.7 Å². The molecule has 0 atom stereocenters. The molecule has 0 aliphatic carbocycles. The van der Waals surface area contributed by atoms with Crippen molar-refractivity contribution in [1.29, 1.82) is 0 Å². The molecule has 0 aromatic heterocycles. The zero-order valence-electron chi connectivity index (χ0n) is 12.7. The Bertz CT molecular complexity index is 795. The number of nitrogens with zero attached hydrogens (tertiary/aromatic N) is 1. The van der Waals surface area contributed by atoms with Gasteiger partial charge in [-0.15, -0.1) is 0 Å². The molecule has 122 valence electrons. The molecule has 0 aliphatic heterocycles. The highest BCUT2D eigenvalue weighted by molar-refractivity contribution is 5.90. The van der Waals surface area contributed by atoms with E-state index >= 15 is 0 Å². The molecule has 2 rings (SSSR count). The Morgan fingerprint density at radius 2 is 1.83 bits per heavy atom. The van der Waals surface area contributed by atoms with Gasteiger partial charge in [0.15, 0.2) is 0 Å². The molecule has 0 spiro atoms. The SMILES string of the molecule is COC(=O)c1ccc(OC(=O)C=Cc2cccc([N+](=O)[O-])c2)cc1. The fourth-order valence-corrected chi connectivity index (χ4v) is 1.83. The fourth-order valence-electron chi connectivity index (χ4n) is 1.83. The lowest BCUT2D eigenvalue weighted by Crippen LogP contribution is -2.05. The standard InChI is InChI=1S/C17H13NO6/c1-23-17(20)13-6-8-15(9-7-13)24-16(19)10-5-12-3-2-4-14(11-12)18(21)22/h2-11H,1H3. The molecule has 0 unspecified atom stereocenters. The van der Waals surface area contributed by atoms with Gasteiger partial charge in [0.25, 0.3) is 5.69 Å². The minimum Gasteiger partial charge on any atom is -0.465 e. The van der Waals surface area contributed by atoms with Crippen molar-refractivity contribution in [2.24, 2.45) is 0 Å². The Balaban J connectivity index is 2.01. The van der Waals surface area contributed by atoms with Crippen LogP contribution in [0.25, 0.3) is 6.08 Å². The second kappa shape index (κ2) is 7.68. The maximum absolute atomic E-state index is 11.7. The summed E-state index contributed by atoms with van der Waals surface area (Å²) in [6.45, 7) is 0. The molecule has 0 aliphatic rings. The summed E-state index contributed by atoms with van der Waals surface area (Å²) in [5.74, 6) is -0.873. The van der Waals surface area contributed by atoms with E-state index in [4.69, 9.17) is 4.74 Å². The summed E-state index contributed by atoms with van der Waals surface area (Å²) < 4.78 is 9.64. The van der Waals surface area contributed by atoms with E-state index in [-0.39, 0.29) is 11.4 Å². The molecule has 2 aromatic rings. The van der Waals surface area contributed by atoms with E-state index in [2.05, 4.69) is 4.74 Å². The zero-order chi connectivity index (χ0) is 17.5. The van der Waals surface area contributed by atoms with Crippen LogP contribution < -0.4 is 4.74 Å². The number of carbonyl (C=O) groups excluding carboxylic acids is 2. The first-order chi connectivity index (χ1) is 11.5. The monoisotopic (exact) mass is 327 g/mol. The number of carbonyl (C=O) groups is 2. The summed E-state index contributed by atoms with van der Waals surface area (Å²) in [4.78, 5) is 33.2. The van der Waals surface area contributed by atoms with Crippen LogP contribution in [0.5, 0.6) is 5.75 Å². The molecule has 7 heteroatoms. The van der Waals surface area contributed by atoms with Gasteiger partial charge < -0.3 is 9.47 Å². The lowest BCUT2D eigenvalue weighted by Gasteiger charge is -2.03. The molecule has 0 bridgehead atoms. The first-order valence-electron chi connectivity index (χ1n) is 6.82.